The van der Waals surface area contributed by atoms with Crippen molar-refractivity contribution in [1.29, 1.82) is 0 Å². The monoisotopic (exact) mass is 301 g/mol. The number of nitrogens with one attached hydrogen (secondary N) is 1. The first kappa shape index (κ1) is 16.1. The summed E-state index contributed by atoms with van der Waals surface area (Å²) in [6.07, 6.45) is 0. The van der Waals surface area contributed by atoms with E-state index in [4.69, 9.17) is 11.6 Å². The molecule has 1 nitrogen and oxygen atoms in total. The molecule has 0 radical (unpaired) electrons. The van der Waals surface area contributed by atoms with E-state index >= 15 is 0 Å². The van der Waals surface area contributed by atoms with Crippen LogP contribution in [0, 0.1) is 6.92 Å². The van der Waals surface area contributed by atoms with Gasteiger partial charge in [0.2, 0.25) is 0 Å². The van der Waals surface area contributed by atoms with Gasteiger partial charge in [0.15, 0.2) is 0 Å². The van der Waals surface area contributed by atoms with Gasteiger partial charge in [0.05, 0.1) is 6.04 Å². The van der Waals surface area contributed by atoms with Gasteiger partial charge in [-0.1, -0.05) is 74.8 Å². The molecule has 0 aromatic heterocycles. The molecule has 1 atom stereocenters. The summed E-state index contributed by atoms with van der Waals surface area (Å²) >= 11 is 6.48. The van der Waals surface area contributed by atoms with Gasteiger partial charge in [0.1, 0.15) is 0 Å². The molecule has 0 saturated carbocycles. The lowest BCUT2D eigenvalue weighted by molar-refractivity contribution is 0.589. The largest absolute Gasteiger partial charge is 0.309 e. The van der Waals surface area contributed by atoms with Gasteiger partial charge in [-0.15, -0.1) is 0 Å². The summed E-state index contributed by atoms with van der Waals surface area (Å²) in [7, 11) is 1.97. The van der Waals surface area contributed by atoms with E-state index in [1.54, 1.807) is 0 Å². The van der Waals surface area contributed by atoms with Crippen molar-refractivity contribution in [2.75, 3.05) is 7.05 Å². The van der Waals surface area contributed by atoms with Crippen molar-refractivity contribution in [3.63, 3.8) is 0 Å². The third kappa shape index (κ3) is 3.48. The molecule has 1 N–H and O–H groups in total. The number of hydrogen-bond acceptors (Lipinski definition) is 1. The van der Waals surface area contributed by atoms with Crippen LogP contribution in [0.15, 0.2) is 42.5 Å². The standard InChI is InChI=1S/C19H24ClN/c1-13-7-6-8-16(17(13)20)18(21-5)14-9-11-15(12-10-14)19(2,3)4/h6-12,18,21H,1-5H3. The molecule has 1 unspecified atom stereocenters. The molecule has 2 rings (SSSR count). The van der Waals surface area contributed by atoms with Gasteiger partial charge in [-0.3, -0.25) is 0 Å². The molecule has 0 saturated heterocycles. The van der Waals surface area contributed by atoms with E-state index < -0.39 is 0 Å². The lowest BCUT2D eigenvalue weighted by Gasteiger charge is -2.22. The summed E-state index contributed by atoms with van der Waals surface area (Å²) in [6.45, 7) is 8.74. The summed E-state index contributed by atoms with van der Waals surface area (Å²) in [5.41, 5.74) is 4.99. The normalized spacial score (nSPS) is 13.2. The second kappa shape index (κ2) is 6.21. The van der Waals surface area contributed by atoms with Crippen LogP contribution in [-0.4, -0.2) is 7.05 Å². The van der Waals surface area contributed by atoms with Gasteiger partial charge >= 0.3 is 0 Å². The van der Waals surface area contributed by atoms with Crippen molar-refractivity contribution in [3.8, 4) is 0 Å². The fourth-order valence-electron chi connectivity index (χ4n) is 2.57. The van der Waals surface area contributed by atoms with Crippen LogP contribution in [0.5, 0.6) is 0 Å². The first-order valence-corrected chi connectivity index (χ1v) is 7.75. The highest BCUT2D eigenvalue weighted by Gasteiger charge is 2.18. The maximum atomic E-state index is 6.48. The van der Waals surface area contributed by atoms with E-state index in [9.17, 15) is 0 Å². The maximum Gasteiger partial charge on any atom is 0.0589 e. The van der Waals surface area contributed by atoms with Gasteiger partial charge in [-0.05, 0) is 41.6 Å². The van der Waals surface area contributed by atoms with Gasteiger partial charge < -0.3 is 5.32 Å². The van der Waals surface area contributed by atoms with E-state index in [0.717, 1.165) is 16.1 Å². The Bertz CT molecular complexity index is 608. The van der Waals surface area contributed by atoms with E-state index in [1.165, 1.54) is 11.1 Å². The predicted octanol–water partition coefficient (Wildman–Crippen LogP) is 5.25. The van der Waals surface area contributed by atoms with Crippen LogP contribution in [0.4, 0.5) is 0 Å². The molecule has 0 aliphatic carbocycles. The Labute approximate surface area is 133 Å². The fourth-order valence-corrected chi connectivity index (χ4v) is 2.81. The average molecular weight is 302 g/mol. The van der Waals surface area contributed by atoms with Crippen molar-refractivity contribution >= 4 is 11.6 Å². The molecule has 0 heterocycles. The lowest BCUT2D eigenvalue weighted by atomic mass is 9.85. The summed E-state index contributed by atoms with van der Waals surface area (Å²) in [4.78, 5) is 0. The molecule has 21 heavy (non-hydrogen) atoms. The molecule has 0 spiro atoms. The molecule has 2 aromatic carbocycles. The van der Waals surface area contributed by atoms with E-state index in [2.05, 4.69) is 62.5 Å². The second-order valence-corrected chi connectivity index (χ2v) is 6.95. The van der Waals surface area contributed by atoms with Crippen LogP contribution in [0.25, 0.3) is 0 Å². The highest BCUT2D eigenvalue weighted by molar-refractivity contribution is 6.32. The van der Waals surface area contributed by atoms with Gasteiger partial charge in [0.25, 0.3) is 0 Å². The minimum absolute atomic E-state index is 0.117. The first-order chi connectivity index (χ1) is 9.84. The minimum atomic E-state index is 0.117. The smallest absolute Gasteiger partial charge is 0.0589 e. The third-order valence-corrected chi connectivity index (χ3v) is 4.45. The molecule has 0 aliphatic rings. The van der Waals surface area contributed by atoms with Crippen LogP contribution in [0.2, 0.25) is 5.02 Å². The Balaban J connectivity index is 2.40. The topological polar surface area (TPSA) is 12.0 Å². The molecular weight excluding hydrogens is 278 g/mol. The SMILES string of the molecule is CNC(c1ccc(C(C)(C)C)cc1)c1cccc(C)c1Cl. The molecular formula is C19H24ClN. The van der Waals surface area contributed by atoms with E-state index in [0.29, 0.717) is 0 Å². The van der Waals surface area contributed by atoms with Crippen LogP contribution >= 0.6 is 11.6 Å². The third-order valence-electron chi connectivity index (χ3n) is 3.93. The summed E-state index contributed by atoms with van der Waals surface area (Å²) in [5, 5.41) is 4.22. The zero-order valence-electron chi connectivity index (χ0n) is 13.5. The number of benzene rings is 2. The molecule has 2 aromatic rings. The molecule has 0 amide bonds. The molecule has 0 fully saturated rings. The van der Waals surface area contributed by atoms with E-state index in [-0.39, 0.29) is 11.5 Å². The lowest BCUT2D eigenvalue weighted by Crippen LogP contribution is -2.19. The molecule has 112 valence electrons. The Hall–Kier alpha value is -1.31. The zero-order chi connectivity index (χ0) is 15.6. The van der Waals surface area contributed by atoms with Crippen molar-refractivity contribution in [2.45, 2.75) is 39.2 Å². The predicted molar refractivity (Wildman–Crippen MR) is 92.2 cm³/mol. The van der Waals surface area contributed by atoms with Crippen molar-refractivity contribution in [1.82, 2.24) is 5.32 Å². The quantitative estimate of drug-likeness (QED) is 0.816. The Morgan fingerprint density at radius 2 is 1.62 bits per heavy atom. The number of aryl methyl sites for hydroxylation is 1. The van der Waals surface area contributed by atoms with Crippen LogP contribution in [-0.2, 0) is 5.41 Å². The molecule has 0 aliphatic heterocycles. The highest BCUT2D eigenvalue weighted by atomic mass is 35.5. The molecule has 0 bridgehead atoms. The van der Waals surface area contributed by atoms with Crippen LogP contribution in [0.3, 0.4) is 0 Å². The summed E-state index contributed by atoms with van der Waals surface area (Å²) in [5.74, 6) is 0. The average Bonchev–Trinajstić information content (AvgIpc) is 2.44. The van der Waals surface area contributed by atoms with Gasteiger partial charge in [0, 0.05) is 5.02 Å². The number of halogens is 1. The van der Waals surface area contributed by atoms with Crippen LogP contribution in [0.1, 0.15) is 49.1 Å². The van der Waals surface area contributed by atoms with Crippen LogP contribution < -0.4 is 5.32 Å². The first-order valence-electron chi connectivity index (χ1n) is 7.37. The van der Waals surface area contributed by atoms with Gasteiger partial charge in [-0.25, -0.2) is 0 Å². The maximum absolute atomic E-state index is 6.48. The Kier molecular flexibility index (Phi) is 4.75. The summed E-state index contributed by atoms with van der Waals surface area (Å²) < 4.78 is 0. The van der Waals surface area contributed by atoms with Crippen molar-refractivity contribution in [3.05, 3.63) is 69.7 Å². The van der Waals surface area contributed by atoms with E-state index in [1.807, 2.05) is 20.0 Å². The zero-order valence-corrected chi connectivity index (χ0v) is 14.3. The van der Waals surface area contributed by atoms with Crippen molar-refractivity contribution < 1.29 is 0 Å². The van der Waals surface area contributed by atoms with Crippen molar-refractivity contribution in [2.24, 2.45) is 0 Å². The van der Waals surface area contributed by atoms with Gasteiger partial charge in [-0.2, -0.15) is 0 Å². The number of rotatable bonds is 3. The Morgan fingerprint density at radius 1 is 1.00 bits per heavy atom. The highest BCUT2D eigenvalue weighted by Crippen LogP contribution is 2.31. The summed E-state index contributed by atoms with van der Waals surface area (Å²) in [6, 6.07) is 15.1. The Morgan fingerprint density at radius 3 is 2.14 bits per heavy atom. The number of hydrogen-bond donors (Lipinski definition) is 1. The second-order valence-electron chi connectivity index (χ2n) is 6.57. The molecule has 2 heteroatoms. The minimum Gasteiger partial charge on any atom is -0.309 e. The fraction of sp³-hybridized carbons (Fsp3) is 0.368.